The van der Waals surface area contributed by atoms with Crippen LogP contribution in [0.5, 0.6) is 0 Å². The molecule has 0 saturated heterocycles. The van der Waals surface area contributed by atoms with Crippen LogP contribution in [-0.4, -0.2) is 57.6 Å². The molecule has 234 valence electrons. The fraction of sp³-hybridized carbons (Fsp3) is 0.667. The summed E-state index contributed by atoms with van der Waals surface area (Å²) in [4.78, 5) is 0. The zero-order valence-electron chi connectivity index (χ0n) is 31.1. The van der Waals surface area contributed by atoms with Crippen molar-refractivity contribution in [1.82, 2.24) is 0 Å². The molecular weight excluding hydrogens is 690 g/mol. The van der Waals surface area contributed by atoms with Crippen molar-refractivity contribution in [2.75, 3.05) is 0 Å². The van der Waals surface area contributed by atoms with Gasteiger partial charge in [-0.1, -0.05) is 0 Å². The predicted octanol–water partition coefficient (Wildman–Crippen LogP) is 9.24. The van der Waals surface area contributed by atoms with Crippen molar-refractivity contribution in [3.8, 4) is 0 Å². The summed E-state index contributed by atoms with van der Waals surface area (Å²) < 4.78 is 3.79. The van der Waals surface area contributed by atoms with Gasteiger partial charge in [-0.15, -0.1) is 0 Å². The minimum atomic E-state index is -1.26. The van der Waals surface area contributed by atoms with Gasteiger partial charge in [-0.3, -0.25) is 0 Å². The number of hydrogen-bond acceptors (Lipinski definition) is 0. The van der Waals surface area contributed by atoms with Gasteiger partial charge >= 0.3 is 279 Å². The SMILES string of the molecule is CC(C)(C)c1cc(C[Si](C)(C)C)[c]([Ge]#[Ge][c]2c(C[Si](C)(C)C)cc(C(C)(C)C)cc2C[Si](C)(C)C)c(C[Si](C)(C)C)c1. The van der Waals surface area contributed by atoms with Crippen LogP contribution in [0.4, 0.5) is 0 Å². The van der Waals surface area contributed by atoms with Gasteiger partial charge in [0.25, 0.3) is 0 Å². The molecule has 2 aromatic rings. The van der Waals surface area contributed by atoms with Crippen molar-refractivity contribution in [2.45, 2.75) is 155 Å². The van der Waals surface area contributed by atoms with E-state index in [4.69, 9.17) is 0 Å². The third-order valence-electron chi connectivity index (χ3n) is 7.53. The fourth-order valence-corrected chi connectivity index (χ4v) is 25.8. The molecule has 2 aromatic carbocycles. The van der Waals surface area contributed by atoms with Crippen molar-refractivity contribution >= 4 is 66.4 Å². The Morgan fingerprint density at radius 3 is 0.738 bits per heavy atom. The monoisotopic (exact) mass is 758 g/mol. The van der Waals surface area contributed by atoms with Crippen LogP contribution >= 0.6 is 0 Å². The van der Waals surface area contributed by atoms with Gasteiger partial charge in [-0.2, -0.15) is 0 Å². The zero-order chi connectivity index (χ0) is 32.7. The van der Waals surface area contributed by atoms with Crippen molar-refractivity contribution in [2.24, 2.45) is 0 Å². The molecule has 0 nitrogen and oxygen atoms in total. The third kappa shape index (κ3) is 13.0. The van der Waals surface area contributed by atoms with E-state index in [-0.39, 0.29) is 36.2 Å². The van der Waals surface area contributed by atoms with Crippen LogP contribution in [0.15, 0.2) is 24.3 Å². The Morgan fingerprint density at radius 2 is 0.595 bits per heavy atom. The van der Waals surface area contributed by atoms with Gasteiger partial charge in [0.1, 0.15) is 0 Å². The average Bonchev–Trinajstić information content (AvgIpc) is 2.68. The van der Waals surface area contributed by atoms with E-state index in [0.29, 0.717) is 0 Å². The van der Waals surface area contributed by atoms with Crippen LogP contribution in [0.1, 0.15) is 74.9 Å². The van der Waals surface area contributed by atoms with Crippen LogP contribution in [0.2, 0.25) is 78.6 Å². The number of benzene rings is 2. The van der Waals surface area contributed by atoms with Gasteiger partial charge in [0, 0.05) is 0 Å². The maximum atomic E-state index is 2.69. The molecule has 42 heavy (non-hydrogen) atoms. The first-order valence-corrected chi connectivity index (χ1v) is 39.8. The molecule has 0 aromatic heterocycles. The second-order valence-corrected chi connectivity index (χ2v) is 50.5. The molecule has 0 unspecified atom stereocenters. The van der Waals surface area contributed by atoms with Gasteiger partial charge in [-0.05, 0) is 0 Å². The van der Waals surface area contributed by atoms with E-state index in [2.05, 4.69) is 144 Å². The summed E-state index contributed by atoms with van der Waals surface area (Å²) >= 11 is -0.385. The molecule has 0 radical (unpaired) electrons. The van der Waals surface area contributed by atoms with Crippen molar-refractivity contribution in [3.63, 3.8) is 0 Å². The molecule has 0 aliphatic heterocycles. The minimum absolute atomic E-state index is 0.193. The van der Waals surface area contributed by atoms with Gasteiger partial charge < -0.3 is 0 Å². The first kappa shape index (κ1) is 38.6. The van der Waals surface area contributed by atoms with Crippen LogP contribution in [0, 0.1) is 0 Å². The molecule has 0 aliphatic rings. The van der Waals surface area contributed by atoms with Gasteiger partial charge in [0.2, 0.25) is 0 Å². The first-order valence-electron chi connectivity index (χ1n) is 16.4. The predicted molar refractivity (Wildman–Crippen MR) is 209 cm³/mol. The fourth-order valence-electron chi connectivity index (χ4n) is 5.69. The van der Waals surface area contributed by atoms with Gasteiger partial charge in [-0.25, -0.2) is 0 Å². The number of hydrogen-bond donors (Lipinski definition) is 0. The van der Waals surface area contributed by atoms with Crippen LogP contribution in [0.3, 0.4) is 0 Å². The van der Waals surface area contributed by atoms with Gasteiger partial charge in [0.15, 0.2) is 0 Å². The maximum absolute atomic E-state index is 2.69. The average molecular weight is 756 g/mol. The van der Waals surface area contributed by atoms with Crippen LogP contribution in [-0.2, 0) is 35.0 Å². The Hall–Kier alpha value is 0.393. The van der Waals surface area contributed by atoms with E-state index in [1.165, 1.54) is 24.2 Å². The van der Waals surface area contributed by atoms with Crippen molar-refractivity contribution in [3.05, 3.63) is 57.6 Å². The van der Waals surface area contributed by atoms with E-state index in [0.717, 1.165) is 0 Å². The van der Waals surface area contributed by atoms with E-state index >= 15 is 0 Å². The Balaban J connectivity index is 3.04. The topological polar surface area (TPSA) is 0 Å². The second kappa shape index (κ2) is 13.6. The molecule has 0 atom stereocenters. The Morgan fingerprint density at radius 1 is 0.405 bits per heavy atom. The summed E-state index contributed by atoms with van der Waals surface area (Å²) in [5.41, 5.74) is 10.6. The molecule has 0 fully saturated rings. The van der Waals surface area contributed by atoms with E-state index in [1.54, 1.807) is 33.4 Å². The van der Waals surface area contributed by atoms with Crippen LogP contribution < -0.4 is 8.79 Å². The Labute approximate surface area is 277 Å². The van der Waals surface area contributed by atoms with E-state index < -0.39 is 32.3 Å². The molecule has 2 rings (SSSR count). The molecule has 0 saturated carbocycles. The summed E-state index contributed by atoms with van der Waals surface area (Å²) in [5, 5.41) is 0. The summed E-state index contributed by atoms with van der Waals surface area (Å²) in [7, 11) is -5.04. The molecule has 0 aliphatic carbocycles. The van der Waals surface area contributed by atoms with E-state index in [1.807, 2.05) is 8.79 Å². The zero-order valence-corrected chi connectivity index (χ0v) is 39.3. The summed E-state index contributed by atoms with van der Waals surface area (Å²) in [6, 6.07) is 16.1. The standard InChI is InChI=1S/C36H66Ge2Si4/c1-35(2,3)31-19-27(23-39(7,8)9)33(28(20-31)24-40(10,11)12)37-38-34-29(25-41(13,14)15)21-32(36(4,5)6)22-30(34)26-42(16,17)18/h19-22H,23-26H2,1-18H3. The summed E-state index contributed by atoms with van der Waals surface area (Å²) in [6.07, 6.45) is 0. The molecule has 6 heteroatoms. The molecule has 0 heterocycles. The molecule has 0 bridgehead atoms. The van der Waals surface area contributed by atoms with Crippen molar-refractivity contribution in [1.29, 1.82) is 0 Å². The van der Waals surface area contributed by atoms with Gasteiger partial charge in [0.05, 0.1) is 0 Å². The molecule has 0 N–H and O–H groups in total. The third-order valence-corrected chi connectivity index (χ3v) is 24.1. The molecule has 0 amide bonds. The quantitative estimate of drug-likeness (QED) is 0.236. The van der Waals surface area contributed by atoms with E-state index in [9.17, 15) is 0 Å². The second-order valence-electron chi connectivity index (χ2n) is 20.0. The van der Waals surface area contributed by atoms with Crippen LogP contribution in [0.25, 0.3) is 0 Å². The molecule has 0 spiro atoms. The normalized spacial score (nSPS) is 13.7. The first-order chi connectivity index (χ1) is 18.5. The Bertz CT molecular complexity index is 1150. The van der Waals surface area contributed by atoms with Crippen molar-refractivity contribution < 1.29 is 0 Å². The Kier molecular flexibility index (Phi) is 12.5. The molecular formula is C36H66Ge2Si4. The summed E-state index contributed by atoms with van der Waals surface area (Å²) in [6.45, 7) is 45.5. The summed E-state index contributed by atoms with van der Waals surface area (Å²) in [5.74, 6) is 0. The number of rotatable bonds is 8.